The van der Waals surface area contributed by atoms with Gasteiger partial charge < -0.3 is 18.9 Å². The lowest BCUT2D eigenvalue weighted by Gasteiger charge is -2.39. The quantitative estimate of drug-likeness (QED) is 0.166. The molecule has 8 heterocycles. The van der Waals surface area contributed by atoms with Crippen LogP contribution in [0, 0.1) is 0 Å². The van der Waals surface area contributed by atoms with E-state index in [9.17, 15) is 0 Å². The minimum absolute atomic E-state index is 0. The molecule has 6 aromatic rings. The van der Waals surface area contributed by atoms with Gasteiger partial charge in [-0.3, -0.25) is 21.4 Å². The molecular weight excluding hydrogens is 715 g/mol. The van der Waals surface area contributed by atoms with Crippen molar-refractivity contribution < 1.29 is 28.1 Å². The number of rotatable bonds is 2. The van der Waals surface area contributed by atoms with Crippen molar-refractivity contribution in [1.29, 1.82) is 0 Å². The Bertz CT molecular complexity index is 2100. The van der Waals surface area contributed by atoms with Gasteiger partial charge in [0.15, 0.2) is 34.0 Å². The number of benzene rings is 2. The highest BCUT2D eigenvalue weighted by molar-refractivity contribution is 6.13. The van der Waals surface area contributed by atoms with Crippen molar-refractivity contribution in [2.24, 2.45) is 11.5 Å². The number of pyridine rings is 2. The molecule has 4 N–H and O–H groups in total. The lowest BCUT2D eigenvalue weighted by atomic mass is 9.84. The third kappa shape index (κ3) is 6.64. The van der Waals surface area contributed by atoms with E-state index in [1.807, 2.05) is 128 Å². The van der Waals surface area contributed by atoms with E-state index < -0.39 is 11.3 Å². The van der Waals surface area contributed by atoms with Gasteiger partial charge in [0.1, 0.15) is 46.1 Å². The summed E-state index contributed by atoms with van der Waals surface area (Å²) >= 11 is 0. The van der Waals surface area contributed by atoms with Crippen LogP contribution in [0.1, 0.15) is 134 Å². The third-order valence-electron chi connectivity index (χ3n) is 9.03. The van der Waals surface area contributed by atoms with E-state index in [0.717, 1.165) is 38.9 Å². The Morgan fingerprint density at radius 3 is 1.21 bits per heavy atom. The molecule has 4 aliphatic rings. The first kappa shape index (κ1) is 49.8. The fourth-order valence-electron chi connectivity index (χ4n) is 7.52. The van der Waals surface area contributed by atoms with Crippen molar-refractivity contribution in [2.45, 2.75) is 123 Å². The summed E-state index contributed by atoms with van der Waals surface area (Å²) < 4.78 is 30.9. The number of aromatic nitrogens is 5. The number of hydrogen-bond acceptors (Lipinski definition) is 8. The molecular formula is C46H71N7O4+2. The van der Waals surface area contributed by atoms with Gasteiger partial charge in [-0.1, -0.05) is 112 Å². The molecule has 2 atom stereocenters. The summed E-state index contributed by atoms with van der Waals surface area (Å²) in [6.45, 7) is 28.0. The van der Waals surface area contributed by atoms with E-state index in [1.165, 1.54) is 0 Å². The molecule has 0 spiro atoms. The smallest absolute Gasteiger partial charge is 0.494 e. The van der Waals surface area contributed by atoms with Crippen molar-refractivity contribution in [1.82, 2.24) is 14.5 Å². The monoisotopic (exact) mass is 786 g/mol. The van der Waals surface area contributed by atoms with Gasteiger partial charge in [-0.05, 0) is 24.3 Å². The maximum Gasteiger partial charge on any atom is 0.542 e. The highest BCUT2D eigenvalue weighted by Gasteiger charge is 2.65. The largest absolute Gasteiger partial charge is 0.542 e. The minimum Gasteiger partial charge on any atom is -0.494 e. The van der Waals surface area contributed by atoms with Crippen LogP contribution in [0.15, 0.2) is 67.5 Å². The predicted octanol–water partition coefficient (Wildman–Crippen LogP) is 10.9. The summed E-state index contributed by atoms with van der Waals surface area (Å²) in [5, 5.41) is 2.05. The summed E-state index contributed by atoms with van der Waals surface area (Å²) in [5.41, 5.74) is 17.8. The molecule has 2 aromatic carbocycles. The van der Waals surface area contributed by atoms with E-state index in [-0.39, 0.29) is 14.9 Å². The van der Waals surface area contributed by atoms with Gasteiger partial charge in [-0.15, -0.1) is 13.7 Å². The maximum atomic E-state index is 7.66. The summed E-state index contributed by atoms with van der Waals surface area (Å²) in [6, 6.07) is 10.0. The van der Waals surface area contributed by atoms with Crippen molar-refractivity contribution in [3.63, 3.8) is 0 Å². The van der Waals surface area contributed by atoms with Crippen molar-refractivity contribution in [3.05, 3.63) is 89.8 Å². The zero-order valence-corrected chi connectivity index (χ0v) is 35.9. The number of methoxy groups -OCH3 is 2. The van der Waals surface area contributed by atoms with E-state index in [1.54, 1.807) is 39.0 Å². The van der Waals surface area contributed by atoms with Crippen LogP contribution in [0.25, 0.3) is 27.8 Å². The number of fused-ring (bicyclic) bond motifs is 7. The number of nitrogens with zero attached hydrogens (tertiary/aromatic N) is 5. The molecule has 4 aromatic heterocycles. The van der Waals surface area contributed by atoms with E-state index in [4.69, 9.17) is 30.4 Å². The minimum atomic E-state index is -1.22. The molecule has 0 bridgehead atoms. The van der Waals surface area contributed by atoms with Crippen LogP contribution in [0.3, 0.4) is 0 Å². The van der Waals surface area contributed by atoms with Crippen LogP contribution in [0.2, 0.25) is 0 Å². The Hall–Kier alpha value is -5.26. The first-order valence-electron chi connectivity index (χ1n) is 20.1. The first-order valence-corrected chi connectivity index (χ1v) is 20.1. The third-order valence-corrected chi connectivity index (χ3v) is 9.03. The van der Waals surface area contributed by atoms with Gasteiger partial charge in [-0.25, -0.2) is 0 Å². The van der Waals surface area contributed by atoms with Crippen molar-refractivity contribution in [2.75, 3.05) is 14.2 Å². The number of hydrogen-bond donors (Lipinski definition) is 2. The molecule has 0 saturated heterocycles. The van der Waals surface area contributed by atoms with Gasteiger partial charge in [0.2, 0.25) is 0 Å². The number of nitrogens with two attached hydrogens (primary N) is 2. The van der Waals surface area contributed by atoms with Crippen LogP contribution >= 0.6 is 0 Å². The zero-order valence-electron chi connectivity index (χ0n) is 35.9. The predicted molar refractivity (Wildman–Crippen MR) is 237 cm³/mol. The molecule has 11 nitrogen and oxygen atoms in total. The molecule has 11 heteroatoms. The fraction of sp³-hybridized carbons (Fsp3) is 0.435. The molecule has 2 unspecified atom stereocenters. The Morgan fingerprint density at radius 1 is 0.526 bits per heavy atom. The highest BCUT2D eigenvalue weighted by Crippen LogP contribution is 2.57. The van der Waals surface area contributed by atoms with Crippen LogP contribution < -0.4 is 39.5 Å². The molecule has 0 fully saturated rings. The molecule has 10 rings (SSSR count). The van der Waals surface area contributed by atoms with Gasteiger partial charge in [0.25, 0.3) is 11.3 Å². The van der Waals surface area contributed by atoms with E-state index in [2.05, 4.69) is 35.8 Å². The molecule has 0 amide bonds. The Balaban J connectivity index is 0.000000927. The molecule has 4 aliphatic heterocycles. The summed E-state index contributed by atoms with van der Waals surface area (Å²) in [5.74, 6) is 4.19. The molecule has 0 radical (unpaired) electrons. The molecule has 0 aliphatic carbocycles. The topological polar surface area (TPSA) is 127 Å². The van der Waals surface area contributed by atoms with Crippen LogP contribution in [0.5, 0.6) is 34.5 Å². The standard InChI is InChI=1S/C30H21N7O4.7C2H6.2CH4/c1-38-18-10-33-12-20-22(18)29(31)24-16(40-20)6-4-14-15-5-7-17-25-27(15)37(26(14)24)28-35(29)8-3-9-36(28)30(25,32)23-19(39-2)11-34-13-21(23)41-17;7*1-2;;/h3-13H,31-32H2,1-2H3;7*1-2H3;2*1H4/q+2;;;;;;;;;. The fourth-order valence-corrected chi connectivity index (χ4v) is 7.52. The molecule has 0 saturated carbocycles. The first-order chi connectivity index (χ1) is 27.0. The average molecular weight is 786 g/mol. The van der Waals surface area contributed by atoms with Crippen LogP contribution in [-0.2, 0) is 11.3 Å². The van der Waals surface area contributed by atoms with Gasteiger partial charge in [0.05, 0.1) is 39.0 Å². The van der Waals surface area contributed by atoms with Crippen LogP contribution in [0.4, 0.5) is 0 Å². The van der Waals surface area contributed by atoms with E-state index >= 15 is 0 Å². The summed E-state index contributed by atoms with van der Waals surface area (Å²) in [6.07, 6.45) is 10.6. The lowest BCUT2D eigenvalue weighted by molar-refractivity contribution is -0.858. The van der Waals surface area contributed by atoms with Crippen molar-refractivity contribution >= 4 is 21.8 Å². The Kier molecular flexibility index (Phi) is 18.1. The lowest BCUT2D eigenvalue weighted by Crippen LogP contribution is -2.77. The Morgan fingerprint density at radius 2 is 0.877 bits per heavy atom. The Labute approximate surface area is 342 Å². The van der Waals surface area contributed by atoms with Gasteiger partial charge in [-0.2, -0.15) is 0 Å². The SMILES string of the molecule is C.C.CC.CC.CC.CC.CC.CC.CC.COc1cncc2c1C1(N)c3c(ccc4c5ccc6c7c5n(c34)-c3[n+]1ccc[n+]3C7(N)c1c(OC)cncc1O6)O2. The van der Waals surface area contributed by atoms with Gasteiger partial charge in [0, 0.05) is 16.8 Å². The maximum absolute atomic E-state index is 7.66. The van der Waals surface area contributed by atoms with Crippen molar-refractivity contribution in [3.8, 4) is 40.4 Å². The zero-order chi connectivity index (χ0) is 41.4. The summed E-state index contributed by atoms with van der Waals surface area (Å²) in [4.78, 5) is 8.71. The second kappa shape index (κ2) is 20.8. The summed E-state index contributed by atoms with van der Waals surface area (Å²) in [7, 11) is 3.22. The second-order valence-corrected chi connectivity index (χ2v) is 10.7. The van der Waals surface area contributed by atoms with Gasteiger partial charge >= 0.3 is 5.95 Å². The average Bonchev–Trinajstić information content (AvgIpc) is 3.62. The second-order valence-electron chi connectivity index (χ2n) is 10.7. The number of ether oxygens (including phenoxy) is 4. The molecule has 57 heavy (non-hydrogen) atoms. The molecule has 312 valence electrons. The van der Waals surface area contributed by atoms with Crippen LogP contribution in [-0.4, -0.2) is 28.8 Å². The van der Waals surface area contributed by atoms with E-state index in [0.29, 0.717) is 45.6 Å². The normalized spacial score (nSPS) is 16.0. The highest BCUT2D eigenvalue weighted by atomic mass is 16.5.